The van der Waals surface area contributed by atoms with Gasteiger partial charge < -0.3 is 4.90 Å². The summed E-state index contributed by atoms with van der Waals surface area (Å²) in [5.74, 6) is 0.246. The smallest absolute Gasteiger partial charge is 0.162 e. The Labute approximate surface area is 136 Å². The molecule has 0 spiro atoms. The van der Waals surface area contributed by atoms with Gasteiger partial charge in [-0.15, -0.1) is 0 Å². The van der Waals surface area contributed by atoms with Gasteiger partial charge in [0.15, 0.2) is 5.78 Å². The Morgan fingerprint density at radius 1 is 1.24 bits per heavy atom. The highest BCUT2D eigenvalue weighted by molar-refractivity contribution is 9.10. The van der Waals surface area contributed by atoms with Gasteiger partial charge in [-0.25, -0.2) is 0 Å². The van der Waals surface area contributed by atoms with Crippen LogP contribution in [0.2, 0.25) is 0 Å². The maximum absolute atomic E-state index is 12.1. The summed E-state index contributed by atoms with van der Waals surface area (Å²) in [6, 6.07) is 7.64. The van der Waals surface area contributed by atoms with Crippen LogP contribution in [0.5, 0.6) is 0 Å². The minimum Gasteiger partial charge on any atom is -0.300 e. The third-order valence-electron chi connectivity index (χ3n) is 4.44. The molecule has 1 saturated heterocycles. The summed E-state index contributed by atoms with van der Waals surface area (Å²) in [4.78, 5) is 17.0. The minimum atomic E-state index is 0.230. The number of likely N-dealkylation sites (N-methyl/N-ethyl adjacent to an activating group) is 1. The molecule has 3 nitrogen and oxygen atoms in total. The van der Waals surface area contributed by atoms with Crippen molar-refractivity contribution in [1.29, 1.82) is 0 Å². The molecular weight excluding hydrogens is 328 g/mol. The highest BCUT2D eigenvalue weighted by atomic mass is 79.9. The van der Waals surface area contributed by atoms with Crippen molar-refractivity contribution in [3.8, 4) is 0 Å². The van der Waals surface area contributed by atoms with E-state index in [1.807, 2.05) is 24.3 Å². The van der Waals surface area contributed by atoms with Crippen molar-refractivity contribution >= 4 is 21.7 Å². The van der Waals surface area contributed by atoms with Gasteiger partial charge in [0, 0.05) is 41.6 Å². The van der Waals surface area contributed by atoms with Gasteiger partial charge in [-0.2, -0.15) is 0 Å². The van der Waals surface area contributed by atoms with Crippen LogP contribution in [0.15, 0.2) is 28.7 Å². The number of nitrogens with zero attached hydrogens (tertiary/aromatic N) is 2. The van der Waals surface area contributed by atoms with E-state index in [9.17, 15) is 4.79 Å². The summed E-state index contributed by atoms with van der Waals surface area (Å²) in [5, 5.41) is 0. The topological polar surface area (TPSA) is 23.6 Å². The summed E-state index contributed by atoms with van der Waals surface area (Å²) >= 11 is 3.39. The van der Waals surface area contributed by atoms with E-state index >= 15 is 0 Å². The molecular formula is C17H25BrN2O. The van der Waals surface area contributed by atoms with Crippen molar-refractivity contribution in [3.63, 3.8) is 0 Å². The number of rotatable bonds is 5. The third-order valence-corrected chi connectivity index (χ3v) is 4.97. The SMILES string of the molecule is CN1CCN(CCCC(=O)c2ccc(Br)cc2)CC1(C)C. The van der Waals surface area contributed by atoms with Crippen molar-refractivity contribution in [2.24, 2.45) is 0 Å². The van der Waals surface area contributed by atoms with Gasteiger partial charge >= 0.3 is 0 Å². The van der Waals surface area contributed by atoms with Crippen LogP contribution in [0.4, 0.5) is 0 Å². The van der Waals surface area contributed by atoms with Gasteiger partial charge in [0.1, 0.15) is 0 Å². The first-order valence-corrected chi connectivity index (χ1v) is 8.40. The average Bonchev–Trinajstić information content (AvgIpc) is 2.43. The summed E-state index contributed by atoms with van der Waals surface area (Å²) in [7, 11) is 2.19. The van der Waals surface area contributed by atoms with Gasteiger partial charge in [0.2, 0.25) is 0 Å². The zero-order valence-electron chi connectivity index (χ0n) is 13.2. The highest BCUT2D eigenvalue weighted by Gasteiger charge is 2.30. The Balaban J connectivity index is 1.77. The number of Topliss-reactive ketones (excluding diaryl/α,β-unsaturated/α-hetero) is 1. The van der Waals surface area contributed by atoms with Gasteiger partial charge in [-0.1, -0.05) is 28.1 Å². The van der Waals surface area contributed by atoms with Crippen molar-refractivity contribution in [3.05, 3.63) is 34.3 Å². The molecule has 1 aromatic rings. The Kier molecular flexibility index (Phi) is 5.58. The maximum atomic E-state index is 12.1. The average molecular weight is 353 g/mol. The summed E-state index contributed by atoms with van der Waals surface area (Å²) in [6.07, 6.45) is 1.57. The van der Waals surface area contributed by atoms with E-state index in [2.05, 4.69) is 46.6 Å². The molecule has 1 aromatic carbocycles. The van der Waals surface area contributed by atoms with Gasteiger partial charge in [0.05, 0.1) is 0 Å². The molecule has 0 N–H and O–H groups in total. The number of halogens is 1. The summed E-state index contributed by atoms with van der Waals surface area (Å²) in [6.45, 7) is 8.87. The molecule has 0 bridgehead atoms. The zero-order valence-corrected chi connectivity index (χ0v) is 14.8. The largest absolute Gasteiger partial charge is 0.300 e. The Morgan fingerprint density at radius 3 is 2.52 bits per heavy atom. The van der Waals surface area contributed by atoms with Crippen LogP contribution >= 0.6 is 15.9 Å². The predicted molar refractivity (Wildman–Crippen MR) is 90.9 cm³/mol. The standard InChI is InChI=1S/C17H25BrN2O/c1-17(2)13-20(12-11-19(17)3)10-4-5-16(21)14-6-8-15(18)9-7-14/h6-9H,4-5,10-13H2,1-3H3. The molecule has 0 atom stereocenters. The molecule has 116 valence electrons. The van der Waals surface area contributed by atoms with E-state index in [1.165, 1.54) is 0 Å². The lowest BCUT2D eigenvalue weighted by atomic mass is 9.99. The van der Waals surface area contributed by atoms with Crippen molar-refractivity contribution in [1.82, 2.24) is 9.80 Å². The molecule has 1 heterocycles. The Hall–Kier alpha value is -0.710. The van der Waals surface area contributed by atoms with Crippen LogP contribution in [0, 0.1) is 0 Å². The fourth-order valence-electron chi connectivity index (χ4n) is 2.78. The molecule has 0 aliphatic carbocycles. The van der Waals surface area contributed by atoms with Gasteiger partial charge in [0.25, 0.3) is 0 Å². The molecule has 0 amide bonds. The first kappa shape index (κ1) is 16.7. The van der Waals surface area contributed by atoms with Gasteiger partial charge in [-0.3, -0.25) is 9.69 Å². The molecule has 0 unspecified atom stereocenters. The second-order valence-corrected chi connectivity index (χ2v) is 7.46. The molecule has 0 aromatic heterocycles. The van der Waals surface area contributed by atoms with E-state index < -0.39 is 0 Å². The Morgan fingerprint density at radius 2 is 1.90 bits per heavy atom. The second kappa shape index (κ2) is 7.03. The van der Waals surface area contributed by atoms with E-state index in [0.717, 1.165) is 42.6 Å². The summed E-state index contributed by atoms with van der Waals surface area (Å²) < 4.78 is 1.01. The summed E-state index contributed by atoms with van der Waals surface area (Å²) in [5.41, 5.74) is 1.05. The number of hydrogen-bond acceptors (Lipinski definition) is 3. The number of ketones is 1. The number of benzene rings is 1. The molecule has 1 aliphatic rings. The lowest BCUT2D eigenvalue weighted by Crippen LogP contribution is -2.57. The van der Waals surface area contributed by atoms with Crippen LogP contribution in [0.1, 0.15) is 37.0 Å². The van der Waals surface area contributed by atoms with Crippen molar-refractivity contribution < 1.29 is 4.79 Å². The molecule has 21 heavy (non-hydrogen) atoms. The minimum absolute atomic E-state index is 0.230. The highest BCUT2D eigenvalue weighted by Crippen LogP contribution is 2.19. The first-order chi connectivity index (χ1) is 9.88. The van der Waals surface area contributed by atoms with Crippen LogP contribution < -0.4 is 0 Å². The Bertz CT molecular complexity index is 484. The number of hydrogen-bond donors (Lipinski definition) is 0. The van der Waals surface area contributed by atoms with Crippen LogP contribution in [-0.2, 0) is 0 Å². The molecule has 2 rings (SSSR count). The number of piperazine rings is 1. The normalized spacial score (nSPS) is 19.6. The molecule has 4 heteroatoms. The van der Waals surface area contributed by atoms with Crippen molar-refractivity contribution in [2.75, 3.05) is 33.2 Å². The zero-order chi connectivity index (χ0) is 15.5. The maximum Gasteiger partial charge on any atom is 0.162 e. The van der Waals surface area contributed by atoms with Crippen LogP contribution in [-0.4, -0.2) is 54.3 Å². The molecule has 0 saturated carbocycles. The van der Waals surface area contributed by atoms with E-state index in [-0.39, 0.29) is 11.3 Å². The third kappa shape index (κ3) is 4.63. The quantitative estimate of drug-likeness (QED) is 0.758. The van der Waals surface area contributed by atoms with E-state index in [0.29, 0.717) is 6.42 Å². The van der Waals surface area contributed by atoms with Gasteiger partial charge in [-0.05, 0) is 46.0 Å². The van der Waals surface area contributed by atoms with Crippen LogP contribution in [0.25, 0.3) is 0 Å². The fourth-order valence-corrected chi connectivity index (χ4v) is 3.04. The molecule has 1 fully saturated rings. The first-order valence-electron chi connectivity index (χ1n) is 7.61. The number of carbonyl (C=O) groups is 1. The number of carbonyl (C=O) groups excluding carboxylic acids is 1. The van der Waals surface area contributed by atoms with Crippen LogP contribution in [0.3, 0.4) is 0 Å². The van der Waals surface area contributed by atoms with E-state index in [4.69, 9.17) is 0 Å². The molecule has 1 aliphatic heterocycles. The second-order valence-electron chi connectivity index (χ2n) is 6.54. The van der Waals surface area contributed by atoms with Crippen molar-refractivity contribution in [2.45, 2.75) is 32.2 Å². The fraction of sp³-hybridized carbons (Fsp3) is 0.588. The molecule has 0 radical (unpaired) electrons. The predicted octanol–water partition coefficient (Wildman–Crippen LogP) is 3.44. The van der Waals surface area contributed by atoms with E-state index in [1.54, 1.807) is 0 Å². The monoisotopic (exact) mass is 352 g/mol. The lowest BCUT2D eigenvalue weighted by Gasteiger charge is -2.45. The lowest BCUT2D eigenvalue weighted by molar-refractivity contribution is 0.0393.